The molecule has 100 valence electrons. The second-order valence-corrected chi connectivity index (χ2v) is 5.01. The minimum atomic E-state index is 0.714. The van der Waals surface area contributed by atoms with Crippen LogP contribution in [0, 0.1) is 6.92 Å². The summed E-state index contributed by atoms with van der Waals surface area (Å²) >= 11 is 0. The van der Waals surface area contributed by atoms with Crippen LogP contribution in [0.4, 0.5) is 0 Å². The summed E-state index contributed by atoms with van der Waals surface area (Å²) in [6, 6.07) is 8.99. The third kappa shape index (κ3) is 3.72. The van der Waals surface area contributed by atoms with Crippen molar-refractivity contribution in [2.24, 2.45) is 0 Å². The minimum absolute atomic E-state index is 0.714. The lowest BCUT2D eigenvalue weighted by Gasteiger charge is -2.38. The molecule has 2 rings (SSSR count). The average molecular weight is 248 g/mol. The predicted molar refractivity (Wildman–Crippen MR) is 75.2 cm³/mol. The van der Waals surface area contributed by atoms with Crippen molar-refractivity contribution >= 4 is 0 Å². The van der Waals surface area contributed by atoms with E-state index in [1.54, 1.807) is 0 Å². The van der Waals surface area contributed by atoms with Crippen LogP contribution in [-0.4, -0.2) is 43.7 Å². The van der Waals surface area contributed by atoms with Gasteiger partial charge >= 0.3 is 0 Å². The van der Waals surface area contributed by atoms with Gasteiger partial charge in [0, 0.05) is 25.7 Å². The fourth-order valence-corrected chi connectivity index (χ4v) is 2.21. The van der Waals surface area contributed by atoms with Crippen LogP contribution in [-0.2, 0) is 0 Å². The van der Waals surface area contributed by atoms with Gasteiger partial charge in [-0.3, -0.25) is 4.90 Å². The molecular weight excluding hydrogens is 224 g/mol. The molecule has 0 spiro atoms. The summed E-state index contributed by atoms with van der Waals surface area (Å²) in [4.78, 5) is 2.53. The zero-order valence-electron chi connectivity index (χ0n) is 11.5. The van der Waals surface area contributed by atoms with Crippen LogP contribution in [0.5, 0.6) is 5.75 Å². The van der Waals surface area contributed by atoms with E-state index in [0.29, 0.717) is 6.04 Å². The first kappa shape index (κ1) is 13.4. The van der Waals surface area contributed by atoms with Crippen LogP contribution >= 0.6 is 0 Å². The fraction of sp³-hybridized carbons (Fsp3) is 0.600. The molecule has 0 radical (unpaired) electrons. The summed E-state index contributed by atoms with van der Waals surface area (Å²) in [7, 11) is 0. The van der Waals surface area contributed by atoms with Crippen molar-refractivity contribution in [3.05, 3.63) is 29.8 Å². The first-order valence-corrected chi connectivity index (χ1v) is 6.94. The van der Waals surface area contributed by atoms with Crippen LogP contribution < -0.4 is 10.1 Å². The highest BCUT2D eigenvalue weighted by Crippen LogP contribution is 2.12. The summed E-state index contributed by atoms with van der Waals surface area (Å²) in [6.45, 7) is 9.56. The summed E-state index contributed by atoms with van der Waals surface area (Å²) in [5.41, 5.74) is 1.27. The molecule has 3 heteroatoms. The molecular formula is C15H24N2O. The normalized spacial score (nSPS) is 15.7. The molecule has 1 aromatic rings. The maximum Gasteiger partial charge on any atom is 0.119 e. The van der Waals surface area contributed by atoms with Crippen molar-refractivity contribution in [1.29, 1.82) is 0 Å². The number of ether oxygens (including phenoxy) is 1. The number of nitrogens with one attached hydrogen (secondary N) is 1. The van der Waals surface area contributed by atoms with Crippen LogP contribution in [0.2, 0.25) is 0 Å². The van der Waals surface area contributed by atoms with Crippen molar-refractivity contribution in [2.75, 3.05) is 32.8 Å². The largest absolute Gasteiger partial charge is 0.492 e. The summed E-state index contributed by atoms with van der Waals surface area (Å²) < 4.78 is 5.79. The van der Waals surface area contributed by atoms with E-state index in [9.17, 15) is 0 Å². The van der Waals surface area contributed by atoms with Crippen LogP contribution in [0.15, 0.2) is 24.3 Å². The van der Waals surface area contributed by atoms with Crippen molar-refractivity contribution < 1.29 is 4.74 Å². The van der Waals surface area contributed by atoms with E-state index in [1.165, 1.54) is 18.5 Å². The Morgan fingerprint density at radius 3 is 2.50 bits per heavy atom. The van der Waals surface area contributed by atoms with E-state index >= 15 is 0 Å². The Morgan fingerprint density at radius 2 is 1.94 bits per heavy atom. The van der Waals surface area contributed by atoms with Gasteiger partial charge in [0.05, 0.1) is 0 Å². The molecule has 1 aliphatic heterocycles. The number of benzene rings is 1. The van der Waals surface area contributed by atoms with E-state index in [-0.39, 0.29) is 0 Å². The lowest BCUT2D eigenvalue weighted by atomic mass is 10.1. The topological polar surface area (TPSA) is 24.5 Å². The van der Waals surface area contributed by atoms with Crippen molar-refractivity contribution in [1.82, 2.24) is 10.2 Å². The molecule has 0 unspecified atom stereocenters. The second kappa shape index (κ2) is 6.76. The van der Waals surface area contributed by atoms with Gasteiger partial charge in [-0.2, -0.15) is 0 Å². The Hall–Kier alpha value is -1.06. The highest BCUT2D eigenvalue weighted by molar-refractivity contribution is 5.26. The van der Waals surface area contributed by atoms with E-state index in [2.05, 4.69) is 36.2 Å². The van der Waals surface area contributed by atoms with Crippen LogP contribution in [0.25, 0.3) is 0 Å². The maximum atomic E-state index is 5.79. The monoisotopic (exact) mass is 248 g/mol. The molecule has 1 fully saturated rings. The van der Waals surface area contributed by atoms with Crippen molar-refractivity contribution in [3.63, 3.8) is 0 Å². The van der Waals surface area contributed by atoms with Crippen molar-refractivity contribution in [2.45, 2.75) is 26.3 Å². The Labute approximate surface area is 110 Å². The molecule has 0 amide bonds. The third-order valence-electron chi connectivity index (χ3n) is 3.46. The second-order valence-electron chi connectivity index (χ2n) is 5.01. The predicted octanol–water partition coefficient (Wildman–Crippen LogP) is 2.06. The zero-order chi connectivity index (χ0) is 12.8. The number of nitrogens with zero attached hydrogens (tertiary/aromatic N) is 1. The molecule has 1 aromatic carbocycles. The quantitative estimate of drug-likeness (QED) is 0.799. The van der Waals surface area contributed by atoms with Gasteiger partial charge in [-0.1, -0.05) is 24.6 Å². The fourth-order valence-electron chi connectivity index (χ4n) is 2.21. The summed E-state index contributed by atoms with van der Waals surface area (Å²) in [5, 5.41) is 3.33. The van der Waals surface area contributed by atoms with Gasteiger partial charge in [-0.05, 0) is 32.0 Å². The van der Waals surface area contributed by atoms with Gasteiger partial charge in [0.1, 0.15) is 12.4 Å². The first-order valence-electron chi connectivity index (χ1n) is 6.94. The third-order valence-corrected chi connectivity index (χ3v) is 3.46. The van der Waals surface area contributed by atoms with Gasteiger partial charge in [-0.25, -0.2) is 0 Å². The van der Waals surface area contributed by atoms with Crippen molar-refractivity contribution in [3.8, 4) is 5.75 Å². The summed E-state index contributed by atoms with van der Waals surface area (Å²) in [5.74, 6) is 0.976. The minimum Gasteiger partial charge on any atom is -0.492 e. The van der Waals surface area contributed by atoms with Crippen LogP contribution in [0.3, 0.4) is 0 Å². The standard InChI is InChI=1S/C15H24N2O/c1-3-8-17(14-11-16-12-14)9-10-18-15-6-4-13(2)5-7-15/h4-7,14,16H,3,8-12H2,1-2H3. The average Bonchev–Trinajstić information content (AvgIpc) is 2.30. The van der Waals surface area contributed by atoms with Crippen LogP contribution in [0.1, 0.15) is 18.9 Å². The van der Waals surface area contributed by atoms with E-state index in [1.807, 2.05) is 12.1 Å². The lowest BCUT2D eigenvalue weighted by Crippen LogP contribution is -2.58. The Balaban J connectivity index is 1.73. The Bertz CT molecular complexity index is 346. The van der Waals surface area contributed by atoms with Gasteiger partial charge in [0.15, 0.2) is 0 Å². The molecule has 18 heavy (non-hydrogen) atoms. The van der Waals surface area contributed by atoms with E-state index < -0.39 is 0 Å². The SMILES string of the molecule is CCCN(CCOc1ccc(C)cc1)C1CNC1. The molecule has 0 aromatic heterocycles. The molecule has 0 saturated carbocycles. The van der Waals surface area contributed by atoms with E-state index in [4.69, 9.17) is 4.74 Å². The molecule has 3 nitrogen and oxygen atoms in total. The Morgan fingerprint density at radius 1 is 1.22 bits per heavy atom. The maximum absolute atomic E-state index is 5.79. The smallest absolute Gasteiger partial charge is 0.119 e. The molecule has 0 bridgehead atoms. The number of hydrogen-bond donors (Lipinski definition) is 1. The Kier molecular flexibility index (Phi) is 5.02. The molecule has 1 saturated heterocycles. The van der Waals surface area contributed by atoms with Gasteiger partial charge < -0.3 is 10.1 Å². The highest BCUT2D eigenvalue weighted by atomic mass is 16.5. The number of hydrogen-bond acceptors (Lipinski definition) is 3. The van der Waals surface area contributed by atoms with E-state index in [0.717, 1.165) is 32.0 Å². The number of aryl methyl sites for hydroxylation is 1. The first-order chi connectivity index (χ1) is 8.79. The number of rotatable bonds is 7. The highest BCUT2D eigenvalue weighted by Gasteiger charge is 2.23. The zero-order valence-corrected chi connectivity index (χ0v) is 11.5. The molecule has 1 aliphatic rings. The lowest BCUT2D eigenvalue weighted by molar-refractivity contribution is 0.122. The van der Waals surface area contributed by atoms with Gasteiger partial charge in [-0.15, -0.1) is 0 Å². The molecule has 1 N–H and O–H groups in total. The van der Waals surface area contributed by atoms with Gasteiger partial charge in [0.2, 0.25) is 0 Å². The molecule has 0 aliphatic carbocycles. The molecule has 1 heterocycles. The summed E-state index contributed by atoms with van der Waals surface area (Å²) in [6.07, 6.45) is 1.21. The molecule has 0 atom stereocenters. The van der Waals surface area contributed by atoms with Gasteiger partial charge in [0.25, 0.3) is 0 Å².